The summed E-state index contributed by atoms with van der Waals surface area (Å²) in [7, 11) is 1.61. The summed E-state index contributed by atoms with van der Waals surface area (Å²) in [5.74, 6) is 1.46. The molecule has 3 rings (SSSR count). The van der Waals surface area contributed by atoms with E-state index >= 15 is 0 Å². The summed E-state index contributed by atoms with van der Waals surface area (Å²) < 4.78 is 11.7. The molecule has 6 nitrogen and oxygen atoms in total. The molecule has 146 valence electrons. The number of nitrogens with zero attached hydrogens (tertiary/aromatic N) is 1. The quantitative estimate of drug-likeness (QED) is 0.740. The van der Waals surface area contributed by atoms with Gasteiger partial charge in [0.05, 0.1) is 23.7 Å². The van der Waals surface area contributed by atoms with Crippen molar-refractivity contribution in [3.63, 3.8) is 0 Å². The molecule has 1 aliphatic rings. The maximum atomic E-state index is 12.1. The fourth-order valence-electron chi connectivity index (χ4n) is 3.33. The molecule has 1 saturated carbocycles. The third-order valence-electron chi connectivity index (χ3n) is 5.25. The van der Waals surface area contributed by atoms with Crippen molar-refractivity contribution in [2.75, 3.05) is 12.4 Å². The minimum atomic E-state index is -0.300. The summed E-state index contributed by atoms with van der Waals surface area (Å²) in [6, 6.07) is 5.56. The Morgan fingerprint density at radius 1 is 1.22 bits per heavy atom. The van der Waals surface area contributed by atoms with E-state index in [4.69, 9.17) is 9.47 Å². The number of rotatable bonds is 6. The van der Waals surface area contributed by atoms with Crippen molar-refractivity contribution in [2.24, 2.45) is 11.8 Å². The molecule has 1 aromatic heterocycles. The molecule has 3 atom stereocenters. The number of methoxy groups -OCH3 is 1. The first-order chi connectivity index (χ1) is 12.9. The number of esters is 1. The fourth-order valence-corrected chi connectivity index (χ4v) is 4.24. The topological polar surface area (TPSA) is 77.5 Å². The van der Waals surface area contributed by atoms with Crippen molar-refractivity contribution in [3.05, 3.63) is 18.2 Å². The van der Waals surface area contributed by atoms with E-state index in [-0.39, 0.29) is 30.8 Å². The molecule has 0 bridgehead atoms. The zero-order valence-corrected chi connectivity index (χ0v) is 16.8. The zero-order chi connectivity index (χ0) is 19.4. The molecular formula is C20H26N2O4S. The molecular weight excluding hydrogens is 364 g/mol. The monoisotopic (exact) mass is 390 g/mol. The van der Waals surface area contributed by atoms with Gasteiger partial charge in [0, 0.05) is 6.42 Å². The van der Waals surface area contributed by atoms with Crippen LogP contribution in [0.4, 0.5) is 5.13 Å². The molecule has 1 heterocycles. The summed E-state index contributed by atoms with van der Waals surface area (Å²) in [6.07, 6.45) is 3.09. The van der Waals surface area contributed by atoms with E-state index in [1.165, 1.54) is 11.3 Å². The highest BCUT2D eigenvalue weighted by molar-refractivity contribution is 7.22. The number of ether oxygens (including phenoxy) is 2. The van der Waals surface area contributed by atoms with Crippen LogP contribution >= 0.6 is 11.3 Å². The highest BCUT2D eigenvalue weighted by Gasteiger charge is 2.27. The minimum Gasteiger partial charge on any atom is -0.497 e. The first kappa shape index (κ1) is 19.6. The maximum Gasteiger partial charge on any atom is 0.306 e. The van der Waals surface area contributed by atoms with E-state index in [1.807, 2.05) is 18.2 Å². The van der Waals surface area contributed by atoms with E-state index in [0.717, 1.165) is 35.2 Å². The summed E-state index contributed by atoms with van der Waals surface area (Å²) in [5, 5.41) is 3.28. The highest BCUT2D eigenvalue weighted by Crippen LogP contribution is 2.31. The molecule has 0 saturated heterocycles. The predicted molar refractivity (Wildman–Crippen MR) is 106 cm³/mol. The second-order valence-electron chi connectivity index (χ2n) is 7.28. The maximum absolute atomic E-state index is 12.1. The number of nitrogens with one attached hydrogen (secondary N) is 1. The van der Waals surface area contributed by atoms with Gasteiger partial charge in [0.2, 0.25) is 5.91 Å². The molecule has 1 N–H and O–H groups in total. The smallest absolute Gasteiger partial charge is 0.306 e. The number of fused-ring (bicyclic) bond motifs is 1. The second-order valence-corrected chi connectivity index (χ2v) is 8.31. The van der Waals surface area contributed by atoms with Gasteiger partial charge in [0.25, 0.3) is 0 Å². The number of carbonyl (C=O) groups is 2. The van der Waals surface area contributed by atoms with Crippen molar-refractivity contribution < 1.29 is 19.1 Å². The van der Waals surface area contributed by atoms with Crippen LogP contribution in [0.25, 0.3) is 10.2 Å². The molecule has 3 unspecified atom stereocenters. The van der Waals surface area contributed by atoms with E-state index in [9.17, 15) is 9.59 Å². The SMILES string of the molecule is COc1ccc2nc(NC(=O)CCC(=O)OC3CCC(C)C(C)C3)sc2c1. The number of hydrogen-bond donors (Lipinski definition) is 1. The molecule has 2 aromatic rings. The zero-order valence-electron chi connectivity index (χ0n) is 16.0. The van der Waals surface area contributed by atoms with Gasteiger partial charge < -0.3 is 14.8 Å². The van der Waals surface area contributed by atoms with Gasteiger partial charge in [-0.05, 0) is 49.3 Å². The molecule has 1 aromatic carbocycles. The van der Waals surface area contributed by atoms with Crippen LogP contribution in [0.3, 0.4) is 0 Å². The van der Waals surface area contributed by atoms with Crippen LogP contribution in [0.5, 0.6) is 5.75 Å². The van der Waals surface area contributed by atoms with Gasteiger partial charge in [-0.3, -0.25) is 9.59 Å². The number of hydrogen-bond acceptors (Lipinski definition) is 6. The average molecular weight is 391 g/mol. The fraction of sp³-hybridized carbons (Fsp3) is 0.550. The number of carbonyl (C=O) groups excluding carboxylic acids is 2. The number of benzene rings is 1. The number of amides is 1. The standard InChI is InChI=1S/C20H26N2O4S/c1-12-4-5-15(10-13(12)2)26-19(24)9-8-18(23)22-20-21-16-7-6-14(25-3)11-17(16)27-20/h6-7,11-13,15H,4-5,8-10H2,1-3H3,(H,21,22,23). The van der Waals surface area contributed by atoms with Gasteiger partial charge in [-0.15, -0.1) is 0 Å². The molecule has 0 spiro atoms. The lowest BCUT2D eigenvalue weighted by molar-refractivity contribution is -0.152. The summed E-state index contributed by atoms with van der Waals surface area (Å²) in [4.78, 5) is 28.5. The second kappa shape index (κ2) is 8.69. The van der Waals surface area contributed by atoms with Crippen LogP contribution in [-0.4, -0.2) is 30.1 Å². The molecule has 7 heteroatoms. The van der Waals surface area contributed by atoms with Gasteiger partial charge in [-0.1, -0.05) is 25.2 Å². The largest absolute Gasteiger partial charge is 0.497 e. The molecule has 1 amide bonds. The number of aromatic nitrogens is 1. The van der Waals surface area contributed by atoms with E-state index in [2.05, 4.69) is 24.1 Å². The normalized spacial score (nSPS) is 22.4. The summed E-state index contributed by atoms with van der Waals surface area (Å²) >= 11 is 1.38. The Morgan fingerprint density at radius 2 is 2.04 bits per heavy atom. The summed E-state index contributed by atoms with van der Waals surface area (Å²) in [6.45, 7) is 4.44. The van der Waals surface area contributed by atoms with Crippen molar-refractivity contribution in [3.8, 4) is 5.75 Å². The van der Waals surface area contributed by atoms with E-state index in [1.54, 1.807) is 7.11 Å². The van der Waals surface area contributed by atoms with Gasteiger partial charge in [0.15, 0.2) is 5.13 Å². The van der Waals surface area contributed by atoms with E-state index in [0.29, 0.717) is 17.0 Å². The lowest BCUT2D eigenvalue weighted by Gasteiger charge is -2.31. The van der Waals surface area contributed by atoms with Crippen LogP contribution in [0.15, 0.2) is 18.2 Å². The molecule has 0 aliphatic heterocycles. The minimum absolute atomic E-state index is 0.00833. The third kappa shape index (κ3) is 5.19. The Kier molecular flexibility index (Phi) is 6.31. The molecule has 0 radical (unpaired) electrons. The van der Waals surface area contributed by atoms with Gasteiger partial charge >= 0.3 is 5.97 Å². The van der Waals surface area contributed by atoms with Crippen molar-refractivity contribution in [1.29, 1.82) is 0 Å². The number of thiazole rings is 1. The summed E-state index contributed by atoms with van der Waals surface area (Å²) in [5.41, 5.74) is 0.802. The van der Waals surface area contributed by atoms with E-state index < -0.39 is 0 Å². The number of anilines is 1. The molecule has 27 heavy (non-hydrogen) atoms. The molecule has 1 fully saturated rings. The Labute approximate surface area is 163 Å². The van der Waals surface area contributed by atoms with Crippen molar-refractivity contribution >= 4 is 38.6 Å². The Hall–Kier alpha value is -2.15. The van der Waals surface area contributed by atoms with Crippen LogP contribution in [0, 0.1) is 11.8 Å². The average Bonchev–Trinajstić information content (AvgIpc) is 3.04. The molecule has 1 aliphatic carbocycles. The Bertz CT molecular complexity index is 819. The third-order valence-corrected chi connectivity index (χ3v) is 6.18. The highest BCUT2D eigenvalue weighted by atomic mass is 32.1. The first-order valence-corrected chi connectivity index (χ1v) is 10.2. The Morgan fingerprint density at radius 3 is 2.78 bits per heavy atom. The van der Waals surface area contributed by atoms with Crippen LogP contribution in [0.2, 0.25) is 0 Å². The first-order valence-electron chi connectivity index (χ1n) is 9.38. The Balaban J connectivity index is 1.46. The lowest BCUT2D eigenvalue weighted by atomic mass is 9.80. The van der Waals surface area contributed by atoms with Gasteiger partial charge in [-0.2, -0.15) is 0 Å². The van der Waals surface area contributed by atoms with Crippen molar-refractivity contribution in [2.45, 2.75) is 52.1 Å². The van der Waals surface area contributed by atoms with Gasteiger partial charge in [0.1, 0.15) is 11.9 Å². The predicted octanol–water partition coefficient (Wildman–Crippen LogP) is 4.39. The lowest BCUT2D eigenvalue weighted by Crippen LogP contribution is -2.29. The van der Waals surface area contributed by atoms with Crippen molar-refractivity contribution in [1.82, 2.24) is 4.98 Å². The van der Waals surface area contributed by atoms with Crippen LogP contribution in [0.1, 0.15) is 46.0 Å². The van der Waals surface area contributed by atoms with Gasteiger partial charge in [-0.25, -0.2) is 4.98 Å². The van der Waals surface area contributed by atoms with Crippen LogP contribution < -0.4 is 10.1 Å². The van der Waals surface area contributed by atoms with Crippen LogP contribution in [-0.2, 0) is 14.3 Å².